The van der Waals surface area contributed by atoms with E-state index in [2.05, 4.69) is 52.9 Å². The van der Waals surface area contributed by atoms with Crippen LogP contribution in [0.4, 0.5) is 19.0 Å². The number of ether oxygens (including phenoxy) is 1. The molecule has 2 aliphatic heterocycles. The molecule has 0 saturated carbocycles. The van der Waals surface area contributed by atoms with Crippen molar-refractivity contribution in [2.45, 2.75) is 152 Å². The number of nitrogens with one attached hydrogen (secondary N) is 1. The van der Waals surface area contributed by atoms with E-state index in [4.69, 9.17) is 22.1 Å². The van der Waals surface area contributed by atoms with E-state index in [9.17, 15) is 8.78 Å². The highest BCUT2D eigenvalue weighted by Crippen LogP contribution is 2.44. The average Bonchev–Trinajstić information content (AvgIpc) is 3.62. The monoisotopic (exact) mass is 779 g/mol. The van der Waals surface area contributed by atoms with E-state index in [-0.39, 0.29) is 39.2 Å². The van der Waals surface area contributed by atoms with Crippen molar-refractivity contribution in [1.29, 1.82) is 0 Å². The Morgan fingerprint density at radius 3 is 2.28 bits per heavy atom. The molecule has 4 heterocycles. The van der Waals surface area contributed by atoms with Crippen molar-refractivity contribution < 1.29 is 17.9 Å². The number of nitrogens with two attached hydrogens (primary N) is 1. The summed E-state index contributed by atoms with van der Waals surface area (Å²) in [5.41, 5.74) is 5.71. The first-order chi connectivity index (χ1) is 25.7. The van der Waals surface area contributed by atoms with Gasteiger partial charge in [-0.2, -0.15) is 9.97 Å². The Bertz CT molecular complexity index is 1560. The molecule has 7 nitrogen and oxygen atoms in total. The van der Waals surface area contributed by atoms with Crippen LogP contribution < -0.4 is 15.8 Å². The van der Waals surface area contributed by atoms with E-state index in [1.54, 1.807) is 13.8 Å². The number of unbranched alkanes of at least 4 members (excludes halogenated alkanes) is 2. The molecule has 2 fully saturated rings. The standard InChI is InChI=1S/C19H18ClF3N4O.C14H31N.C8H15N.C2H6/c1-7-6-10(24)26-16(13(7)19(4,22)23)12-14(20)8(2)11-9(3)25-18(28-5)27-17(11)15(12)21;1-5-8-9-10-14(13(4)7-3)12-15-11-6-2;1-2-6-9-7-3-5-8(9)4-1;1-2/h6H,1-5H3,(H2,24,26);13-15H,5-12H2,1-4H3;8H,1-7H2;1-2H3/t;13?,14-;;/m.1../s1. The molecular formula is C43H70ClF3N6O. The largest absolute Gasteiger partial charge is 0.467 e. The van der Waals surface area contributed by atoms with Gasteiger partial charge in [0.15, 0.2) is 5.82 Å². The van der Waals surface area contributed by atoms with Gasteiger partial charge < -0.3 is 20.7 Å². The number of alkyl halides is 2. The second-order valence-electron chi connectivity index (χ2n) is 14.8. The molecular weight excluding hydrogens is 709 g/mol. The number of halogens is 4. The molecule has 3 atom stereocenters. The van der Waals surface area contributed by atoms with Gasteiger partial charge in [-0.1, -0.05) is 85.2 Å². The highest BCUT2D eigenvalue weighted by atomic mass is 35.5. The van der Waals surface area contributed by atoms with Gasteiger partial charge in [-0.3, -0.25) is 0 Å². The van der Waals surface area contributed by atoms with E-state index < -0.39 is 17.3 Å². The summed E-state index contributed by atoms with van der Waals surface area (Å²) in [4.78, 5) is 14.9. The topological polar surface area (TPSA) is 89.2 Å². The number of rotatable bonds is 13. The molecule has 2 unspecified atom stereocenters. The number of aromatic nitrogens is 3. The minimum Gasteiger partial charge on any atom is -0.467 e. The number of aryl methyl sites for hydroxylation is 3. The van der Waals surface area contributed by atoms with Crippen LogP contribution in [0.2, 0.25) is 5.02 Å². The van der Waals surface area contributed by atoms with Gasteiger partial charge in [0.1, 0.15) is 11.3 Å². The van der Waals surface area contributed by atoms with Crippen LogP contribution in [0.3, 0.4) is 0 Å². The fraction of sp³-hybridized carbons (Fsp3) is 0.698. The number of fused-ring (bicyclic) bond motifs is 2. The fourth-order valence-corrected chi connectivity index (χ4v) is 7.92. The lowest BCUT2D eigenvalue weighted by Gasteiger charge is -2.28. The Morgan fingerprint density at radius 1 is 1.02 bits per heavy atom. The molecule has 306 valence electrons. The molecule has 5 rings (SSSR count). The summed E-state index contributed by atoms with van der Waals surface area (Å²) in [6.45, 7) is 23.9. The Balaban J connectivity index is 0.000000322. The second kappa shape index (κ2) is 23.4. The van der Waals surface area contributed by atoms with Crippen LogP contribution >= 0.6 is 11.6 Å². The van der Waals surface area contributed by atoms with E-state index in [0.29, 0.717) is 23.6 Å². The Labute approximate surface area is 329 Å². The molecule has 54 heavy (non-hydrogen) atoms. The lowest BCUT2D eigenvalue weighted by Crippen LogP contribution is -2.33. The predicted octanol–water partition coefficient (Wildman–Crippen LogP) is 12.0. The number of nitrogen functional groups attached to an aromatic ring is 1. The minimum absolute atomic E-state index is 0.0230. The van der Waals surface area contributed by atoms with Gasteiger partial charge in [-0.05, 0) is 115 Å². The Kier molecular flexibility index (Phi) is 20.6. The number of hydrogen-bond donors (Lipinski definition) is 2. The van der Waals surface area contributed by atoms with Gasteiger partial charge in [0.2, 0.25) is 0 Å². The van der Waals surface area contributed by atoms with Gasteiger partial charge in [-0.15, -0.1) is 0 Å². The zero-order valence-electron chi connectivity index (χ0n) is 35.2. The third kappa shape index (κ3) is 12.9. The first-order valence-corrected chi connectivity index (χ1v) is 20.9. The molecule has 3 aromatic rings. The smallest absolute Gasteiger partial charge is 0.316 e. The zero-order valence-corrected chi connectivity index (χ0v) is 36.0. The maximum absolute atomic E-state index is 15.6. The third-order valence-corrected chi connectivity index (χ3v) is 11.2. The number of anilines is 1. The van der Waals surface area contributed by atoms with Crippen molar-refractivity contribution in [3.63, 3.8) is 0 Å². The molecule has 0 aliphatic carbocycles. The van der Waals surface area contributed by atoms with Crippen molar-refractivity contribution in [1.82, 2.24) is 25.2 Å². The first-order valence-electron chi connectivity index (χ1n) is 20.5. The number of benzene rings is 1. The lowest BCUT2D eigenvalue weighted by atomic mass is 9.87. The zero-order chi connectivity index (χ0) is 40.6. The number of methoxy groups -OCH3 is 1. The van der Waals surface area contributed by atoms with Crippen molar-refractivity contribution in [2.24, 2.45) is 11.8 Å². The number of piperidine rings is 1. The maximum Gasteiger partial charge on any atom is 0.316 e. The molecule has 0 spiro atoms. The highest BCUT2D eigenvalue weighted by molar-refractivity contribution is 6.35. The SMILES string of the molecule is C1CCN2CCCC2C1.CC.CCCCC[C@H](CNCCC)C(C)CC.COc1nc(C)c2c(C)c(Cl)c(-c3nc(N)cc(C)c3C(C)(F)F)c(F)c2n1. The molecule has 2 saturated heterocycles. The number of nitrogens with zero attached hydrogens (tertiary/aromatic N) is 4. The van der Waals surface area contributed by atoms with Crippen molar-refractivity contribution >= 4 is 28.3 Å². The fourth-order valence-electron chi connectivity index (χ4n) is 7.65. The van der Waals surface area contributed by atoms with Crippen LogP contribution in [0, 0.1) is 38.4 Å². The van der Waals surface area contributed by atoms with Crippen LogP contribution in [0.25, 0.3) is 22.2 Å². The van der Waals surface area contributed by atoms with Crippen LogP contribution in [-0.2, 0) is 5.92 Å². The number of pyridine rings is 1. The molecule has 3 N–H and O–H groups in total. The molecule has 1 aromatic carbocycles. The normalized spacial score (nSPS) is 16.6. The summed E-state index contributed by atoms with van der Waals surface area (Å²) in [6.07, 6.45) is 15.5. The molecule has 0 radical (unpaired) electrons. The van der Waals surface area contributed by atoms with Gasteiger partial charge in [0, 0.05) is 18.4 Å². The van der Waals surface area contributed by atoms with Crippen molar-refractivity contribution in [3.8, 4) is 17.3 Å². The van der Waals surface area contributed by atoms with Gasteiger partial charge in [-0.25, -0.2) is 18.2 Å². The average molecular weight is 780 g/mol. The molecule has 2 aromatic heterocycles. The summed E-state index contributed by atoms with van der Waals surface area (Å²) in [6, 6.07) is 2.26. The van der Waals surface area contributed by atoms with E-state index in [1.165, 1.54) is 117 Å². The van der Waals surface area contributed by atoms with Gasteiger partial charge in [0.05, 0.1) is 34.6 Å². The molecule has 0 bridgehead atoms. The molecule has 0 amide bonds. The Morgan fingerprint density at radius 2 is 1.69 bits per heavy atom. The quantitative estimate of drug-likeness (QED) is 0.167. The second-order valence-corrected chi connectivity index (χ2v) is 15.2. The van der Waals surface area contributed by atoms with E-state index in [1.807, 2.05) is 13.8 Å². The Hall–Kier alpha value is -2.69. The summed E-state index contributed by atoms with van der Waals surface area (Å²) in [7, 11) is 1.35. The van der Waals surface area contributed by atoms with Crippen molar-refractivity contribution in [3.05, 3.63) is 39.3 Å². The van der Waals surface area contributed by atoms with Gasteiger partial charge >= 0.3 is 6.01 Å². The maximum atomic E-state index is 15.6. The van der Waals surface area contributed by atoms with E-state index >= 15 is 4.39 Å². The first kappa shape index (κ1) is 47.5. The number of hydrogen-bond acceptors (Lipinski definition) is 7. The summed E-state index contributed by atoms with van der Waals surface area (Å²) in [5.74, 6) is -2.43. The van der Waals surface area contributed by atoms with E-state index in [0.717, 1.165) is 17.9 Å². The summed E-state index contributed by atoms with van der Waals surface area (Å²) < 4.78 is 49.3. The predicted molar refractivity (Wildman–Crippen MR) is 223 cm³/mol. The van der Waals surface area contributed by atoms with Crippen LogP contribution in [0.5, 0.6) is 6.01 Å². The van der Waals surface area contributed by atoms with Crippen LogP contribution in [0.15, 0.2) is 6.07 Å². The summed E-state index contributed by atoms with van der Waals surface area (Å²) >= 11 is 6.43. The molecule has 11 heteroatoms. The third-order valence-electron chi connectivity index (χ3n) is 10.7. The van der Waals surface area contributed by atoms with Crippen LogP contribution in [-0.4, -0.2) is 59.2 Å². The van der Waals surface area contributed by atoms with Gasteiger partial charge in [0.25, 0.3) is 5.92 Å². The summed E-state index contributed by atoms with van der Waals surface area (Å²) in [5, 5.41) is 3.91. The van der Waals surface area contributed by atoms with Crippen molar-refractivity contribution in [2.75, 3.05) is 39.0 Å². The van der Waals surface area contributed by atoms with Crippen LogP contribution in [0.1, 0.15) is 141 Å². The highest BCUT2D eigenvalue weighted by Gasteiger charge is 2.34. The molecule has 2 aliphatic rings. The minimum atomic E-state index is -3.29. The lowest BCUT2D eigenvalue weighted by molar-refractivity contribution is 0.0172.